The van der Waals surface area contributed by atoms with Crippen LogP contribution in [0.2, 0.25) is 0 Å². The lowest BCUT2D eigenvalue weighted by molar-refractivity contribution is -0.121. The highest BCUT2D eigenvalue weighted by molar-refractivity contribution is 5.76. The number of hydrogen-bond acceptors (Lipinski definition) is 2. The Balaban J connectivity index is 1.34. The number of amides is 1. The standard InChI is InChI=1S/C27H29N3O/c1-21-13-15-23(16-14-21)20-30-25-11-6-5-10-24(25)29-26(30)12-7-19-28-27(31)18-17-22-8-3-2-4-9-22/h2-6,8-11,13-16H,7,12,17-20H2,1H3,(H,28,31). The summed E-state index contributed by atoms with van der Waals surface area (Å²) in [6.45, 7) is 3.58. The van der Waals surface area contributed by atoms with Crippen molar-refractivity contribution in [2.75, 3.05) is 6.54 Å². The van der Waals surface area contributed by atoms with Crippen molar-refractivity contribution in [2.45, 2.75) is 39.2 Å². The van der Waals surface area contributed by atoms with E-state index in [-0.39, 0.29) is 5.91 Å². The normalized spacial score (nSPS) is 11.0. The van der Waals surface area contributed by atoms with Crippen molar-refractivity contribution >= 4 is 16.9 Å². The molecular formula is C27H29N3O. The number of carbonyl (C=O) groups excluding carboxylic acids is 1. The summed E-state index contributed by atoms with van der Waals surface area (Å²) >= 11 is 0. The highest BCUT2D eigenvalue weighted by Gasteiger charge is 2.11. The number of rotatable bonds is 9. The molecule has 1 N–H and O–H groups in total. The molecule has 0 aliphatic heterocycles. The molecule has 4 rings (SSSR count). The molecule has 0 unspecified atom stereocenters. The predicted molar refractivity (Wildman–Crippen MR) is 126 cm³/mol. The quantitative estimate of drug-likeness (QED) is 0.391. The minimum Gasteiger partial charge on any atom is -0.356 e. The fourth-order valence-electron chi connectivity index (χ4n) is 3.83. The van der Waals surface area contributed by atoms with E-state index in [1.54, 1.807) is 0 Å². The second-order valence-corrected chi connectivity index (χ2v) is 8.03. The first kappa shape index (κ1) is 20.9. The first-order valence-electron chi connectivity index (χ1n) is 11.0. The molecule has 0 spiro atoms. The van der Waals surface area contributed by atoms with Gasteiger partial charge in [-0.05, 0) is 43.0 Å². The fourth-order valence-corrected chi connectivity index (χ4v) is 3.83. The summed E-state index contributed by atoms with van der Waals surface area (Å²) in [6.07, 6.45) is 3.00. The van der Waals surface area contributed by atoms with Crippen LogP contribution in [0.15, 0.2) is 78.9 Å². The number of benzene rings is 3. The molecule has 158 valence electrons. The van der Waals surface area contributed by atoms with Crippen molar-refractivity contribution in [3.05, 3.63) is 101 Å². The second kappa shape index (κ2) is 10.1. The monoisotopic (exact) mass is 411 g/mol. The van der Waals surface area contributed by atoms with Gasteiger partial charge in [0.15, 0.2) is 0 Å². The van der Waals surface area contributed by atoms with Gasteiger partial charge in [0, 0.05) is 25.9 Å². The molecule has 0 atom stereocenters. The van der Waals surface area contributed by atoms with Gasteiger partial charge in [0.2, 0.25) is 5.91 Å². The van der Waals surface area contributed by atoms with Crippen LogP contribution < -0.4 is 5.32 Å². The van der Waals surface area contributed by atoms with Gasteiger partial charge < -0.3 is 9.88 Å². The molecule has 4 heteroatoms. The topological polar surface area (TPSA) is 46.9 Å². The zero-order valence-corrected chi connectivity index (χ0v) is 18.1. The Morgan fingerprint density at radius 3 is 2.42 bits per heavy atom. The highest BCUT2D eigenvalue weighted by Crippen LogP contribution is 2.19. The fraction of sp³-hybridized carbons (Fsp3) is 0.259. The lowest BCUT2D eigenvalue weighted by Crippen LogP contribution is -2.25. The zero-order valence-electron chi connectivity index (χ0n) is 18.1. The Morgan fingerprint density at radius 1 is 0.871 bits per heavy atom. The SMILES string of the molecule is Cc1ccc(Cn2c(CCCNC(=O)CCc3ccccc3)nc3ccccc32)cc1. The molecule has 0 saturated carbocycles. The van der Waals surface area contributed by atoms with Crippen LogP contribution in [0.4, 0.5) is 0 Å². The van der Waals surface area contributed by atoms with E-state index in [1.165, 1.54) is 16.7 Å². The van der Waals surface area contributed by atoms with Gasteiger partial charge in [0.25, 0.3) is 0 Å². The van der Waals surface area contributed by atoms with Crippen molar-refractivity contribution in [2.24, 2.45) is 0 Å². The Morgan fingerprint density at radius 2 is 1.61 bits per heavy atom. The molecule has 0 fully saturated rings. The third kappa shape index (κ3) is 5.60. The van der Waals surface area contributed by atoms with E-state index in [2.05, 4.69) is 71.4 Å². The number of para-hydroxylation sites is 2. The van der Waals surface area contributed by atoms with Gasteiger partial charge in [-0.1, -0.05) is 72.3 Å². The molecule has 4 aromatic rings. The van der Waals surface area contributed by atoms with Gasteiger partial charge in [-0.15, -0.1) is 0 Å². The minimum atomic E-state index is 0.108. The molecule has 1 heterocycles. The Kier molecular flexibility index (Phi) is 6.78. The average molecular weight is 412 g/mol. The van der Waals surface area contributed by atoms with Crippen molar-refractivity contribution in [3.63, 3.8) is 0 Å². The third-order valence-electron chi connectivity index (χ3n) is 5.58. The Hall–Kier alpha value is -3.40. The lowest BCUT2D eigenvalue weighted by Gasteiger charge is -2.10. The van der Waals surface area contributed by atoms with Crippen molar-refractivity contribution in [1.29, 1.82) is 0 Å². The van der Waals surface area contributed by atoms with Gasteiger partial charge in [-0.3, -0.25) is 4.79 Å². The van der Waals surface area contributed by atoms with Crippen LogP contribution in [-0.2, 0) is 24.2 Å². The largest absolute Gasteiger partial charge is 0.356 e. The number of imidazole rings is 1. The number of aromatic nitrogens is 2. The van der Waals surface area contributed by atoms with E-state index >= 15 is 0 Å². The molecule has 1 aromatic heterocycles. The summed E-state index contributed by atoms with van der Waals surface area (Å²) in [5, 5.41) is 3.06. The molecule has 0 radical (unpaired) electrons. The molecule has 0 aliphatic carbocycles. The summed E-state index contributed by atoms with van der Waals surface area (Å²) in [4.78, 5) is 17.0. The second-order valence-electron chi connectivity index (χ2n) is 8.03. The molecule has 3 aromatic carbocycles. The van der Waals surface area contributed by atoms with Crippen LogP contribution in [0.25, 0.3) is 11.0 Å². The zero-order chi connectivity index (χ0) is 21.5. The number of aryl methyl sites for hydroxylation is 3. The van der Waals surface area contributed by atoms with Crippen LogP contribution in [0, 0.1) is 6.92 Å². The summed E-state index contributed by atoms with van der Waals surface area (Å²) in [7, 11) is 0. The number of nitrogens with one attached hydrogen (secondary N) is 1. The summed E-state index contributed by atoms with van der Waals surface area (Å²) in [5.41, 5.74) is 5.91. The summed E-state index contributed by atoms with van der Waals surface area (Å²) < 4.78 is 2.30. The molecule has 0 saturated heterocycles. The maximum Gasteiger partial charge on any atom is 0.220 e. The maximum absolute atomic E-state index is 12.2. The number of hydrogen-bond donors (Lipinski definition) is 1. The van der Waals surface area contributed by atoms with Crippen molar-refractivity contribution < 1.29 is 4.79 Å². The van der Waals surface area contributed by atoms with Crippen molar-refractivity contribution in [3.8, 4) is 0 Å². The molecule has 31 heavy (non-hydrogen) atoms. The first-order valence-corrected chi connectivity index (χ1v) is 11.0. The number of carbonyl (C=O) groups is 1. The lowest BCUT2D eigenvalue weighted by atomic mass is 10.1. The van der Waals surface area contributed by atoms with Crippen LogP contribution in [0.3, 0.4) is 0 Å². The third-order valence-corrected chi connectivity index (χ3v) is 5.58. The number of nitrogens with zero attached hydrogens (tertiary/aromatic N) is 2. The van der Waals surface area contributed by atoms with E-state index < -0.39 is 0 Å². The van der Waals surface area contributed by atoms with Crippen LogP contribution in [0.5, 0.6) is 0 Å². The molecule has 0 bridgehead atoms. The Bertz CT molecular complexity index is 1130. The minimum absolute atomic E-state index is 0.108. The average Bonchev–Trinajstić information content (AvgIpc) is 3.15. The van der Waals surface area contributed by atoms with E-state index in [1.807, 2.05) is 24.3 Å². The molecular weight excluding hydrogens is 382 g/mol. The van der Waals surface area contributed by atoms with E-state index in [0.717, 1.165) is 42.7 Å². The smallest absolute Gasteiger partial charge is 0.220 e. The van der Waals surface area contributed by atoms with E-state index in [9.17, 15) is 4.79 Å². The van der Waals surface area contributed by atoms with Crippen LogP contribution in [-0.4, -0.2) is 22.0 Å². The van der Waals surface area contributed by atoms with Gasteiger partial charge in [0.05, 0.1) is 11.0 Å². The summed E-state index contributed by atoms with van der Waals surface area (Å²) in [5.74, 6) is 1.18. The van der Waals surface area contributed by atoms with Gasteiger partial charge in [-0.2, -0.15) is 0 Å². The molecule has 1 amide bonds. The van der Waals surface area contributed by atoms with Crippen molar-refractivity contribution in [1.82, 2.24) is 14.9 Å². The first-order chi connectivity index (χ1) is 15.2. The van der Waals surface area contributed by atoms with Crippen LogP contribution >= 0.6 is 0 Å². The van der Waals surface area contributed by atoms with Gasteiger partial charge in [-0.25, -0.2) is 4.98 Å². The Labute approximate surface area is 183 Å². The van der Waals surface area contributed by atoms with Gasteiger partial charge in [0.1, 0.15) is 5.82 Å². The highest BCUT2D eigenvalue weighted by atomic mass is 16.1. The molecule has 0 aliphatic rings. The molecule has 4 nitrogen and oxygen atoms in total. The van der Waals surface area contributed by atoms with E-state index in [0.29, 0.717) is 13.0 Å². The maximum atomic E-state index is 12.2. The predicted octanol–water partition coefficient (Wildman–Crippen LogP) is 5.07. The number of fused-ring (bicyclic) bond motifs is 1. The summed E-state index contributed by atoms with van der Waals surface area (Å²) in [6, 6.07) is 27.1. The van der Waals surface area contributed by atoms with E-state index in [4.69, 9.17) is 4.98 Å². The van der Waals surface area contributed by atoms with Crippen LogP contribution in [0.1, 0.15) is 35.4 Å². The van der Waals surface area contributed by atoms with Gasteiger partial charge >= 0.3 is 0 Å².